The van der Waals surface area contributed by atoms with E-state index in [0.29, 0.717) is 17.6 Å². The van der Waals surface area contributed by atoms with Crippen LogP contribution >= 0.6 is 11.6 Å². The van der Waals surface area contributed by atoms with Crippen LogP contribution in [0.15, 0.2) is 12.1 Å². The molecule has 2 N–H and O–H groups in total. The first-order valence-corrected chi connectivity index (χ1v) is 7.10. The Balaban J connectivity index is 1.93. The van der Waals surface area contributed by atoms with Crippen molar-refractivity contribution in [2.24, 2.45) is 0 Å². The van der Waals surface area contributed by atoms with Gasteiger partial charge >= 0.3 is 0 Å². The highest BCUT2D eigenvalue weighted by atomic mass is 35.5. The Morgan fingerprint density at radius 1 is 1.37 bits per heavy atom. The van der Waals surface area contributed by atoms with Gasteiger partial charge in [0.2, 0.25) is 0 Å². The second-order valence-electron chi connectivity index (χ2n) is 5.81. The smallest absolute Gasteiger partial charge is 0.125 e. The summed E-state index contributed by atoms with van der Waals surface area (Å²) in [5.74, 6) is 0.816. The van der Waals surface area contributed by atoms with E-state index < -0.39 is 5.60 Å². The molecule has 4 heteroatoms. The summed E-state index contributed by atoms with van der Waals surface area (Å²) in [5.41, 5.74) is 1.13. The highest BCUT2D eigenvalue weighted by molar-refractivity contribution is 6.30. The molecule has 19 heavy (non-hydrogen) atoms. The predicted octanol–water partition coefficient (Wildman–Crippen LogP) is 2.84. The number of aryl methyl sites for hydroxylation is 2. The zero-order valence-electron chi connectivity index (χ0n) is 11.8. The zero-order chi connectivity index (χ0) is 14.0. The van der Waals surface area contributed by atoms with E-state index >= 15 is 0 Å². The second kappa shape index (κ2) is 5.70. The normalized spacial score (nSPS) is 18.2. The molecule has 106 valence electrons. The highest BCUT2D eigenvalue weighted by Crippen LogP contribution is 2.28. The van der Waals surface area contributed by atoms with E-state index in [0.717, 1.165) is 16.9 Å². The van der Waals surface area contributed by atoms with Crippen LogP contribution in [-0.2, 0) is 0 Å². The van der Waals surface area contributed by atoms with E-state index in [9.17, 15) is 5.11 Å². The Kier molecular flexibility index (Phi) is 4.39. The Bertz CT molecular complexity index is 432. The van der Waals surface area contributed by atoms with Crippen LogP contribution in [0.4, 0.5) is 0 Å². The molecular weight excluding hydrogens is 262 g/mol. The summed E-state index contributed by atoms with van der Waals surface area (Å²) in [5, 5.41) is 14.3. The van der Waals surface area contributed by atoms with Crippen LogP contribution in [0.25, 0.3) is 0 Å². The van der Waals surface area contributed by atoms with Gasteiger partial charge in [0.15, 0.2) is 0 Å². The number of hydrogen-bond acceptors (Lipinski definition) is 3. The Morgan fingerprint density at radius 3 is 2.47 bits per heavy atom. The molecule has 0 bridgehead atoms. The lowest BCUT2D eigenvalue weighted by molar-refractivity contribution is 0.0116. The molecular formula is C15H22ClNO2. The molecule has 1 aliphatic carbocycles. The van der Waals surface area contributed by atoms with Crippen molar-refractivity contribution in [2.45, 2.75) is 45.3 Å². The van der Waals surface area contributed by atoms with Crippen molar-refractivity contribution < 1.29 is 9.84 Å². The van der Waals surface area contributed by atoms with Crippen LogP contribution < -0.4 is 10.1 Å². The minimum absolute atomic E-state index is 0.274. The third-order valence-electron chi connectivity index (χ3n) is 3.30. The first-order chi connectivity index (χ1) is 8.87. The zero-order valence-corrected chi connectivity index (χ0v) is 12.5. The fraction of sp³-hybridized carbons (Fsp3) is 0.600. The predicted molar refractivity (Wildman–Crippen MR) is 78.1 cm³/mol. The molecule has 0 aliphatic heterocycles. The van der Waals surface area contributed by atoms with Crippen molar-refractivity contribution in [3.8, 4) is 5.75 Å². The molecule has 0 amide bonds. The van der Waals surface area contributed by atoms with Gasteiger partial charge in [-0.05, 0) is 56.9 Å². The number of aliphatic hydroxyl groups is 1. The van der Waals surface area contributed by atoms with E-state index in [-0.39, 0.29) is 6.61 Å². The maximum Gasteiger partial charge on any atom is 0.125 e. The second-order valence-corrected chi connectivity index (χ2v) is 6.25. The van der Waals surface area contributed by atoms with Gasteiger partial charge in [-0.1, -0.05) is 11.6 Å². The van der Waals surface area contributed by atoms with Gasteiger partial charge in [-0.25, -0.2) is 0 Å². The van der Waals surface area contributed by atoms with Crippen LogP contribution in [-0.4, -0.2) is 29.9 Å². The molecule has 0 spiro atoms. The summed E-state index contributed by atoms with van der Waals surface area (Å²) < 4.78 is 5.79. The van der Waals surface area contributed by atoms with Gasteiger partial charge in [-0.3, -0.25) is 0 Å². The average molecular weight is 284 g/mol. The lowest BCUT2D eigenvalue weighted by Gasteiger charge is -2.25. The molecule has 1 fully saturated rings. The van der Waals surface area contributed by atoms with Crippen molar-refractivity contribution in [1.82, 2.24) is 5.32 Å². The number of hydrogen-bond donors (Lipinski definition) is 2. The monoisotopic (exact) mass is 283 g/mol. The van der Waals surface area contributed by atoms with Gasteiger partial charge in [-0.2, -0.15) is 0 Å². The summed E-state index contributed by atoms with van der Waals surface area (Å²) in [7, 11) is 0. The Morgan fingerprint density at radius 2 is 1.95 bits per heavy atom. The summed E-state index contributed by atoms with van der Waals surface area (Å²) >= 11 is 5.99. The first-order valence-electron chi connectivity index (χ1n) is 6.73. The summed E-state index contributed by atoms with van der Waals surface area (Å²) in [6.07, 6.45) is 2.43. The minimum Gasteiger partial charge on any atom is -0.490 e. The van der Waals surface area contributed by atoms with E-state index in [1.807, 2.05) is 26.0 Å². The third kappa shape index (κ3) is 4.37. The van der Waals surface area contributed by atoms with Gasteiger partial charge in [-0.15, -0.1) is 0 Å². The molecule has 0 radical (unpaired) electrons. The average Bonchev–Trinajstić information content (AvgIpc) is 3.08. The first kappa shape index (κ1) is 14.6. The molecule has 0 heterocycles. The van der Waals surface area contributed by atoms with E-state index in [4.69, 9.17) is 16.3 Å². The lowest BCUT2D eigenvalue weighted by atomic mass is 10.1. The van der Waals surface area contributed by atoms with Crippen LogP contribution in [0, 0.1) is 13.8 Å². The number of nitrogens with one attached hydrogen (secondary N) is 1. The van der Waals surface area contributed by atoms with Crippen molar-refractivity contribution in [3.05, 3.63) is 28.3 Å². The molecule has 1 aromatic rings. The fourth-order valence-corrected chi connectivity index (χ4v) is 2.38. The number of benzene rings is 1. The number of ether oxygens (including phenoxy) is 1. The summed E-state index contributed by atoms with van der Waals surface area (Å²) in [6, 6.07) is 4.34. The van der Waals surface area contributed by atoms with E-state index in [1.54, 1.807) is 6.92 Å². The lowest BCUT2D eigenvalue weighted by Crippen LogP contribution is -2.43. The van der Waals surface area contributed by atoms with Crippen LogP contribution in [0.2, 0.25) is 5.02 Å². The summed E-state index contributed by atoms with van der Waals surface area (Å²) in [4.78, 5) is 0. The maximum absolute atomic E-state index is 10.3. The molecule has 1 unspecified atom stereocenters. The van der Waals surface area contributed by atoms with E-state index in [2.05, 4.69) is 5.32 Å². The standard InChI is InChI=1S/C15H22ClNO2/c1-10-6-12(16)7-11(2)14(10)19-9-15(3,18)8-17-13-4-5-13/h6-7,13,17-18H,4-5,8-9H2,1-3H3. The maximum atomic E-state index is 10.3. The van der Waals surface area contributed by atoms with Gasteiger partial charge in [0.1, 0.15) is 18.0 Å². The van der Waals surface area contributed by atoms with Crippen molar-refractivity contribution >= 4 is 11.6 Å². The molecule has 0 saturated heterocycles. The molecule has 0 aromatic heterocycles. The SMILES string of the molecule is Cc1cc(Cl)cc(C)c1OCC(C)(O)CNC1CC1. The third-order valence-corrected chi connectivity index (χ3v) is 3.52. The largest absolute Gasteiger partial charge is 0.490 e. The minimum atomic E-state index is -0.860. The van der Waals surface area contributed by atoms with Crippen LogP contribution in [0.3, 0.4) is 0 Å². The molecule has 1 atom stereocenters. The van der Waals surface area contributed by atoms with Crippen molar-refractivity contribution in [3.63, 3.8) is 0 Å². The van der Waals surface area contributed by atoms with Crippen LogP contribution in [0.5, 0.6) is 5.75 Å². The molecule has 3 nitrogen and oxygen atoms in total. The highest BCUT2D eigenvalue weighted by Gasteiger charge is 2.27. The van der Waals surface area contributed by atoms with Gasteiger partial charge in [0.05, 0.1) is 0 Å². The number of rotatable bonds is 6. The van der Waals surface area contributed by atoms with Gasteiger partial charge < -0.3 is 15.2 Å². The Labute approximate surface area is 119 Å². The topological polar surface area (TPSA) is 41.5 Å². The van der Waals surface area contributed by atoms with Crippen molar-refractivity contribution in [1.29, 1.82) is 0 Å². The number of halogens is 1. The van der Waals surface area contributed by atoms with Crippen molar-refractivity contribution in [2.75, 3.05) is 13.2 Å². The quantitative estimate of drug-likeness (QED) is 0.843. The Hall–Kier alpha value is -0.770. The van der Waals surface area contributed by atoms with Crippen LogP contribution in [0.1, 0.15) is 30.9 Å². The van der Waals surface area contributed by atoms with Gasteiger partial charge in [0.25, 0.3) is 0 Å². The fourth-order valence-electron chi connectivity index (χ4n) is 2.06. The molecule has 1 aromatic carbocycles. The van der Waals surface area contributed by atoms with Gasteiger partial charge in [0, 0.05) is 17.6 Å². The molecule has 1 aliphatic rings. The molecule has 1 saturated carbocycles. The molecule has 2 rings (SSSR count). The summed E-state index contributed by atoms with van der Waals surface area (Å²) in [6.45, 7) is 6.55. The van der Waals surface area contributed by atoms with E-state index in [1.165, 1.54) is 12.8 Å².